The van der Waals surface area contributed by atoms with Crippen molar-refractivity contribution in [3.05, 3.63) is 71.3 Å². The first-order valence-electron chi connectivity index (χ1n) is 12.5. The smallest absolute Gasteiger partial charge is 0.333 e. The molecule has 0 unspecified atom stereocenters. The number of alkyl halides is 3. The monoisotopic (exact) mass is 531 g/mol. The maximum atomic E-state index is 13.6. The minimum absolute atomic E-state index is 0.0293. The molecule has 0 bridgehead atoms. The number of rotatable bonds is 6. The second-order valence-corrected chi connectivity index (χ2v) is 10.1. The van der Waals surface area contributed by atoms with Crippen LogP contribution in [0.25, 0.3) is 0 Å². The Morgan fingerprint density at radius 3 is 2.39 bits per heavy atom. The molecule has 4 rings (SSSR count). The largest absolute Gasteiger partial charge is 0.416 e. The van der Waals surface area contributed by atoms with Gasteiger partial charge in [0.2, 0.25) is 11.8 Å². The quantitative estimate of drug-likeness (QED) is 0.617. The van der Waals surface area contributed by atoms with Gasteiger partial charge >= 0.3 is 12.2 Å². The van der Waals surface area contributed by atoms with E-state index in [0.29, 0.717) is 12.0 Å². The van der Waals surface area contributed by atoms with Gasteiger partial charge in [0.1, 0.15) is 12.2 Å². The Kier molecular flexibility index (Phi) is 7.96. The van der Waals surface area contributed by atoms with Crippen molar-refractivity contribution in [2.75, 3.05) is 20.1 Å². The van der Waals surface area contributed by atoms with Gasteiger partial charge in [-0.15, -0.1) is 0 Å². The van der Waals surface area contributed by atoms with Crippen LogP contribution in [-0.2, 0) is 28.9 Å². The van der Waals surface area contributed by atoms with Gasteiger partial charge in [-0.25, -0.2) is 14.8 Å². The zero-order valence-electron chi connectivity index (χ0n) is 21.6. The highest BCUT2D eigenvalue weighted by Gasteiger charge is 2.50. The van der Waals surface area contributed by atoms with Crippen LogP contribution in [0.3, 0.4) is 0 Å². The topological polar surface area (TPSA) is 76.2 Å². The number of carbonyl (C=O) groups is 3. The maximum Gasteiger partial charge on any atom is 0.416 e. The van der Waals surface area contributed by atoms with Crippen LogP contribution in [0, 0.1) is 5.92 Å². The average Bonchev–Trinajstić information content (AvgIpc) is 2.85. The van der Waals surface area contributed by atoms with E-state index in [1.165, 1.54) is 32.0 Å². The Hall–Kier alpha value is -3.60. The summed E-state index contributed by atoms with van der Waals surface area (Å²) in [6.07, 6.45) is -4.95. The number of likely N-dealkylation sites (N-methyl/N-ethyl adjacent to an activating group) is 1. The van der Waals surface area contributed by atoms with Gasteiger partial charge in [0.05, 0.1) is 18.7 Å². The standard InChI is InChI=1S/C27H32F3N5O3/c1-18(2)12-22-25(37)33(15-20-10-7-11-21(13-20)27(28,29)30)16-23-34(22)24(36)17-32(3)35(23)26(38)31-14-19-8-5-4-6-9-19/h4-11,13,18,22-23H,12,14-17H2,1-3H3,(H,31,38)/t22-,23-/m0/s1. The second kappa shape index (κ2) is 11.0. The minimum atomic E-state index is -4.51. The summed E-state index contributed by atoms with van der Waals surface area (Å²) in [5, 5.41) is 5.84. The highest BCUT2D eigenvalue weighted by Crippen LogP contribution is 2.32. The Morgan fingerprint density at radius 2 is 1.74 bits per heavy atom. The molecule has 2 aliphatic rings. The Labute approximate surface area is 219 Å². The number of urea groups is 1. The highest BCUT2D eigenvalue weighted by molar-refractivity contribution is 5.91. The number of hydrazine groups is 1. The van der Waals surface area contributed by atoms with E-state index in [-0.39, 0.29) is 43.9 Å². The number of fused-ring (bicyclic) bond motifs is 1. The first-order valence-corrected chi connectivity index (χ1v) is 12.5. The molecule has 0 aromatic heterocycles. The van der Waals surface area contributed by atoms with E-state index < -0.39 is 30.0 Å². The highest BCUT2D eigenvalue weighted by atomic mass is 19.4. The van der Waals surface area contributed by atoms with Crippen molar-refractivity contribution in [2.24, 2.45) is 5.92 Å². The molecule has 2 aromatic carbocycles. The van der Waals surface area contributed by atoms with E-state index in [1.54, 1.807) is 7.05 Å². The summed E-state index contributed by atoms with van der Waals surface area (Å²) in [4.78, 5) is 43.1. The van der Waals surface area contributed by atoms with Gasteiger partial charge in [0.15, 0.2) is 0 Å². The number of nitrogens with one attached hydrogen (secondary N) is 1. The number of hydrogen-bond acceptors (Lipinski definition) is 4. The molecular formula is C27H32F3N5O3. The van der Waals surface area contributed by atoms with Crippen molar-refractivity contribution in [3.8, 4) is 0 Å². The van der Waals surface area contributed by atoms with Crippen molar-refractivity contribution >= 4 is 17.8 Å². The molecule has 1 N–H and O–H groups in total. The summed E-state index contributed by atoms with van der Waals surface area (Å²) in [5.41, 5.74) is 0.422. The zero-order chi connectivity index (χ0) is 27.6. The SMILES string of the molecule is CC(C)C[C@H]1C(=O)N(Cc2cccc(C(F)(F)F)c2)C[C@H]2N1C(=O)CN(C)N2C(=O)NCc1ccccc1. The van der Waals surface area contributed by atoms with E-state index in [9.17, 15) is 27.6 Å². The van der Waals surface area contributed by atoms with Gasteiger partial charge in [0, 0.05) is 20.1 Å². The predicted molar refractivity (Wildman–Crippen MR) is 134 cm³/mol. The van der Waals surface area contributed by atoms with Crippen LogP contribution in [0.15, 0.2) is 54.6 Å². The molecule has 11 heteroatoms. The fraction of sp³-hybridized carbons (Fsp3) is 0.444. The Bertz CT molecular complexity index is 1170. The van der Waals surface area contributed by atoms with E-state index in [0.717, 1.165) is 17.7 Å². The lowest BCUT2D eigenvalue weighted by atomic mass is 9.96. The molecule has 0 saturated carbocycles. The van der Waals surface area contributed by atoms with Crippen LogP contribution in [0.4, 0.5) is 18.0 Å². The molecule has 0 spiro atoms. The van der Waals surface area contributed by atoms with Gasteiger partial charge in [-0.3, -0.25) is 9.59 Å². The van der Waals surface area contributed by atoms with Gasteiger partial charge in [-0.2, -0.15) is 13.2 Å². The van der Waals surface area contributed by atoms with Gasteiger partial charge in [-0.05, 0) is 35.6 Å². The van der Waals surface area contributed by atoms with Gasteiger partial charge in [-0.1, -0.05) is 56.3 Å². The van der Waals surface area contributed by atoms with Gasteiger partial charge in [0.25, 0.3) is 0 Å². The average molecular weight is 532 g/mol. The number of carbonyl (C=O) groups excluding carboxylic acids is 3. The molecule has 2 heterocycles. The summed E-state index contributed by atoms with van der Waals surface area (Å²) < 4.78 is 39.9. The third-order valence-electron chi connectivity index (χ3n) is 6.76. The summed E-state index contributed by atoms with van der Waals surface area (Å²) >= 11 is 0. The number of nitrogens with zero attached hydrogens (tertiary/aromatic N) is 4. The van der Waals surface area contributed by atoms with Crippen LogP contribution in [-0.4, -0.2) is 70.0 Å². The summed E-state index contributed by atoms with van der Waals surface area (Å²) in [6.45, 7) is 3.95. The van der Waals surface area contributed by atoms with E-state index in [1.807, 2.05) is 44.2 Å². The normalized spacial score (nSPS) is 20.7. The van der Waals surface area contributed by atoms with Crippen molar-refractivity contribution in [1.29, 1.82) is 0 Å². The first-order chi connectivity index (χ1) is 18.0. The molecule has 204 valence electrons. The number of halogens is 3. The number of hydrogen-bond donors (Lipinski definition) is 1. The Morgan fingerprint density at radius 1 is 1.05 bits per heavy atom. The lowest BCUT2D eigenvalue weighted by Crippen LogP contribution is -2.75. The Balaban J connectivity index is 1.62. The maximum absolute atomic E-state index is 13.6. The van der Waals surface area contributed by atoms with E-state index >= 15 is 0 Å². The van der Waals surface area contributed by atoms with Crippen LogP contribution < -0.4 is 5.32 Å². The number of benzene rings is 2. The lowest BCUT2D eigenvalue weighted by molar-refractivity contribution is -0.188. The van der Waals surface area contributed by atoms with Crippen molar-refractivity contribution in [3.63, 3.8) is 0 Å². The van der Waals surface area contributed by atoms with E-state index in [4.69, 9.17) is 0 Å². The molecule has 0 aliphatic carbocycles. The minimum Gasteiger partial charge on any atom is -0.333 e. The molecule has 2 fully saturated rings. The predicted octanol–water partition coefficient (Wildman–Crippen LogP) is 3.69. The van der Waals surface area contributed by atoms with Crippen molar-refractivity contribution in [1.82, 2.24) is 25.1 Å². The molecule has 0 radical (unpaired) electrons. The molecular weight excluding hydrogens is 499 g/mol. The van der Waals surface area contributed by atoms with Crippen molar-refractivity contribution < 1.29 is 27.6 Å². The molecule has 2 aliphatic heterocycles. The second-order valence-electron chi connectivity index (χ2n) is 10.1. The third kappa shape index (κ3) is 5.93. The fourth-order valence-electron chi connectivity index (χ4n) is 5.04. The number of amides is 4. The van der Waals surface area contributed by atoms with E-state index in [2.05, 4.69) is 5.32 Å². The van der Waals surface area contributed by atoms with Gasteiger partial charge < -0.3 is 15.1 Å². The van der Waals surface area contributed by atoms with Crippen LogP contribution >= 0.6 is 0 Å². The molecule has 2 atom stereocenters. The van der Waals surface area contributed by atoms with Crippen LogP contribution in [0.1, 0.15) is 37.0 Å². The summed E-state index contributed by atoms with van der Waals surface area (Å²) in [5.74, 6) is -0.553. The zero-order valence-corrected chi connectivity index (χ0v) is 21.6. The molecule has 2 saturated heterocycles. The number of piperazine rings is 1. The summed E-state index contributed by atoms with van der Waals surface area (Å²) in [6, 6.07) is 13.0. The molecule has 38 heavy (non-hydrogen) atoms. The molecule has 8 nitrogen and oxygen atoms in total. The first kappa shape index (κ1) is 27.4. The fourth-order valence-corrected chi connectivity index (χ4v) is 5.04. The third-order valence-corrected chi connectivity index (χ3v) is 6.76. The lowest BCUT2D eigenvalue weighted by Gasteiger charge is -2.54. The molecule has 2 aromatic rings. The van der Waals surface area contributed by atoms with Crippen LogP contribution in [0.5, 0.6) is 0 Å². The van der Waals surface area contributed by atoms with Crippen LogP contribution in [0.2, 0.25) is 0 Å². The van der Waals surface area contributed by atoms with Crippen molar-refractivity contribution in [2.45, 2.75) is 51.7 Å². The summed E-state index contributed by atoms with van der Waals surface area (Å²) in [7, 11) is 1.63. The molecule has 4 amide bonds.